The van der Waals surface area contributed by atoms with Crippen molar-refractivity contribution < 1.29 is 19.5 Å². The Morgan fingerprint density at radius 1 is 1.50 bits per heavy atom. The van der Waals surface area contributed by atoms with Gasteiger partial charge in [0.15, 0.2) is 0 Å². The van der Waals surface area contributed by atoms with E-state index < -0.39 is 11.5 Å². The Morgan fingerprint density at radius 2 is 2.17 bits per heavy atom. The normalized spacial score (nSPS) is 18.1. The molecule has 0 aliphatic carbocycles. The van der Waals surface area contributed by atoms with E-state index in [4.69, 9.17) is 5.11 Å². The van der Waals surface area contributed by atoms with E-state index in [1.807, 2.05) is 0 Å². The highest BCUT2D eigenvalue weighted by Crippen LogP contribution is 2.17. The van der Waals surface area contributed by atoms with Gasteiger partial charge in [-0.05, 0) is 20.3 Å². The number of carbonyl (C=O) groups excluding carboxylic acids is 2. The van der Waals surface area contributed by atoms with Crippen LogP contribution in [-0.4, -0.2) is 53.1 Å². The highest BCUT2D eigenvalue weighted by Gasteiger charge is 2.40. The number of amides is 3. The average molecular weight is 257 g/mol. The highest BCUT2D eigenvalue weighted by atomic mass is 16.4. The number of urea groups is 1. The second-order valence-corrected chi connectivity index (χ2v) is 4.70. The Labute approximate surface area is 106 Å². The molecule has 0 bridgehead atoms. The summed E-state index contributed by atoms with van der Waals surface area (Å²) < 4.78 is 0. The third-order valence-corrected chi connectivity index (χ3v) is 2.94. The van der Waals surface area contributed by atoms with Crippen LogP contribution in [0.3, 0.4) is 0 Å². The monoisotopic (exact) mass is 257 g/mol. The van der Waals surface area contributed by atoms with Gasteiger partial charge < -0.3 is 20.6 Å². The van der Waals surface area contributed by atoms with E-state index in [1.165, 1.54) is 4.90 Å². The summed E-state index contributed by atoms with van der Waals surface area (Å²) in [4.78, 5) is 35.3. The van der Waals surface area contributed by atoms with Gasteiger partial charge in [0, 0.05) is 26.1 Å². The molecular weight excluding hydrogens is 238 g/mol. The van der Waals surface area contributed by atoms with Gasteiger partial charge in [0.25, 0.3) is 0 Å². The van der Waals surface area contributed by atoms with Crippen molar-refractivity contribution in [2.24, 2.45) is 0 Å². The molecule has 102 valence electrons. The van der Waals surface area contributed by atoms with Crippen LogP contribution in [0.15, 0.2) is 0 Å². The third kappa shape index (κ3) is 3.35. The molecule has 7 nitrogen and oxygen atoms in total. The van der Waals surface area contributed by atoms with Crippen molar-refractivity contribution >= 4 is 17.9 Å². The van der Waals surface area contributed by atoms with E-state index in [1.54, 1.807) is 13.8 Å². The molecule has 1 aliphatic rings. The lowest BCUT2D eigenvalue weighted by Gasteiger charge is -2.40. The number of nitrogens with zero attached hydrogens (tertiary/aromatic N) is 1. The second-order valence-electron chi connectivity index (χ2n) is 4.70. The van der Waals surface area contributed by atoms with Crippen molar-refractivity contribution in [2.75, 3.05) is 19.6 Å². The van der Waals surface area contributed by atoms with Crippen LogP contribution in [0.25, 0.3) is 0 Å². The largest absolute Gasteiger partial charge is 0.481 e. The van der Waals surface area contributed by atoms with Crippen LogP contribution in [0, 0.1) is 0 Å². The number of aliphatic carboxylic acids is 1. The first-order valence-electron chi connectivity index (χ1n) is 5.91. The van der Waals surface area contributed by atoms with Gasteiger partial charge >= 0.3 is 12.0 Å². The lowest BCUT2D eigenvalue weighted by atomic mass is 9.99. The minimum absolute atomic E-state index is 0.0180. The molecule has 1 saturated heterocycles. The zero-order chi connectivity index (χ0) is 13.8. The van der Waals surface area contributed by atoms with E-state index in [0.29, 0.717) is 26.1 Å². The van der Waals surface area contributed by atoms with Gasteiger partial charge in [-0.15, -0.1) is 0 Å². The number of piperazine rings is 1. The number of rotatable bonds is 4. The molecule has 0 aromatic rings. The minimum atomic E-state index is -0.887. The van der Waals surface area contributed by atoms with Crippen molar-refractivity contribution in [3.8, 4) is 0 Å². The molecule has 0 radical (unpaired) electrons. The Morgan fingerprint density at radius 3 is 2.78 bits per heavy atom. The van der Waals surface area contributed by atoms with Crippen LogP contribution in [0.2, 0.25) is 0 Å². The van der Waals surface area contributed by atoms with Crippen molar-refractivity contribution in [2.45, 2.75) is 32.2 Å². The summed E-state index contributed by atoms with van der Waals surface area (Å²) in [6, 6.07) is -0.333. The first-order valence-corrected chi connectivity index (χ1v) is 5.91. The molecule has 0 spiro atoms. The van der Waals surface area contributed by atoms with Gasteiger partial charge in [0.05, 0.1) is 0 Å². The average Bonchev–Trinajstić information content (AvgIpc) is 2.27. The maximum absolute atomic E-state index is 11.9. The smallest absolute Gasteiger partial charge is 0.318 e. The molecule has 1 rings (SSSR count). The zero-order valence-corrected chi connectivity index (χ0v) is 10.7. The fourth-order valence-electron chi connectivity index (χ4n) is 1.79. The summed E-state index contributed by atoms with van der Waals surface area (Å²) >= 11 is 0. The molecule has 3 N–H and O–H groups in total. The molecule has 1 aliphatic heterocycles. The molecule has 0 aromatic heterocycles. The molecule has 1 fully saturated rings. The number of nitrogens with one attached hydrogen (secondary N) is 2. The lowest BCUT2D eigenvalue weighted by molar-refractivity contribution is -0.137. The van der Waals surface area contributed by atoms with E-state index in [2.05, 4.69) is 10.6 Å². The van der Waals surface area contributed by atoms with Crippen LogP contribution < -0.4 is 10.6 Å². The number of carbonyl (C=O) groups is 3. The number of hydrogen-bond donors (Lipinski definition) is 3. The zero-order valence-electron chi connectivity index (χ0n) is 10.7. The summed E-state index contributed by atoms with van der Waals surface area (Å²) in [5.41, 5.74) is -0.880. The van der Waals surface area contributed by atoms with Gasteiger partial charge in [-0.2, -0.15) is 0 Å². The molecule has 0 unspecified atom stereocenters. The van der Waals surface area contributed by atoms with E-state index >= 15 is 0 Å². The van der Waals surface area contributed by atoms with Gasteiger partial charge in [-0.3, -0.25) is 9.59 Å². The maximum atomic E-state index is 11.9. The van der Waals surface area contributed by atoms with Crippen LogP contribution in [-0.2, 0) is 9.59 Å². The van der Waals surface area contributed by atoms with Crippen LogP contribution in [0.5, 0.6) is 0 Å². The summed E-state index contributed by atoms with van der Waals surface area (Å²) in [7, 11) is 0. The van der Waals surface area contributed by atoms with Crippen molar-refractivity contribution in [1.29, 1.82) is 0 Å². The molecule has 18 heavy (non-hydrogen) atoms. The van der Waals surface area contributed by atoms with E-state index in [9.17, 15) is 14.4 Å². The molecule has 0 atom stereocenters. The first-order chi connectivity index (χ1) is 8.35. The predicted molar refractivity (Wildman–Crippen MR) is 64.1 cm³/mol. The predicted octanol–water partition coefficient (Wildman–Crippen LogP) is -0.229. The molecule has 7 heteroatoms. The standard InChI is InChI=1S/C11H19N3O4/c1-11(2)9(17)12-6-7-14(11)10(18)13-5-3-4-8(15)16/h3-7H2,1-2H3,(H,12,17)(H,13,18)(H,15,16). The van der Waals surface area contributed by atoms with Crippen molar-refractivity contribution in [1.82, 2.24) is 15.5 Å². The fraction of sp³-hybridized carbons (Fsp3) is 0.727. The number of carboxylic acids is 1. The van der Waals surface area contributed by atoms with Crippen LogP contribution in [0.4, 0.5) is 4.79 Å². The quantitative estimate of drug-likeness (QED) is 0.606. The van der Waals surface area contributed by atoms with Crippen molar-refractivity contribution in [3.05, 3.63) is 0 Å². The third-order valence-electron chi connectivity index (χ3n) is 2.94. The Kier molecular flexibility index (Phi) is 4.52. The molecule has 0 saturated carbocycles. The maximum Gasteiger partial charge on any atom is 0.318 e. The molecule has 1 heterocycles. The minimum Gasteiger partial charge on any atom is -0.481 e. The molecule has 3 amide bonds. The molecular formula is C11H19N3O4. The number of hydrogen-bond acceptors (Lipinski definition) is 3. The van der Waals surface area contributed by atoms with Gasteiger partial charge in [0.1, 0.15) is 5.54 Å². The lowest BCUT2D eigenvalue weighted by Crippen LogP contribution is -2.65. The van der Waals surface area contributed by atoms with Gasteiger partial charge in [0.2, 0.25) is 5.91 Å². The van der Waals surface area contributed by atoms with E-state index in [-0.39, 0.29) is 18.4 Å². The van der Waals surface area contributed by atoms with Crippen LogP contribution >= 0.6 is 0 Å². The van der Waals surface area contributed by atoms with E-state index in [0.717, 1.165) is 0 Å². The summed E-state index contributed by atoms with van der Waals surface area (Å²) in [5, 5.41) is 13.8. The van der Waals surface area contributed by atoms with Crippen molar-refractivity contribution in [3.63, 3.8) is 0 Å². The second kappa shape index (κ2) is 5.70. The first kappa shape index (κ1) is 14.3. The molecule has 0 aromatic carbocycles. The SMILES string of the molecule is CC1(C)C(=O)NCCN1C(=O)NCCCC(=O)O. The fourth-order valence-corrected chi connectivity index (χ4v) is 1.79. The summed E-state index contributed by atoms with van der Waals surface area (Å²) in [5.74, 6) is -1.07. The number of carboxylic acid groups (broad SMARTS) is 1. The Hall–Kier alpha value is -1.79. The topological polar surface area (TPSA) is 98.7 Å². The Bertz CT molecular complexity index is 354. The highest BCUT2D eigenvalue weighted by molar-refractivity contribution is 5.91. The summed E-state index contributed by atoms with van der Waals surface area (Å²) in [6.45, 7) is 4.53. The van der Waals surface area contributed by atoms with Gasteiger partial charge in [-0.1, -0.05) is 0 Å². The van der Waals surface area contributed by atoms with Gasteiger partial charge in [-0.25, -0.2) is 4.79 Å². The Balaban J connectivity index is 2.45. The summed E-state index contributed by atoms with van der Waals surface area (Å²) in [6.07, 6.45) is 0.395. The van der Waals surface area contributed by atoms with Crippen LogP contribution in [0.1, 0.15) is 26.7 Å².